The Kier molecular flexibility index (Phi) is 10.0. The first kappa shape index (κ1) is 31.3. The van der Waals surface area contributed by atoms with E-state index in [9.17, 15) is 13.7 Å². The van der Waals surface area contributed by atoms with Crippen molar-refractivity contribution in [1.29, 1.82) is 5.26 Å². The fraction of sp³-hybridized carbons (Fsp3) is 0.324. The Labute approximate surface area is 262 Å². The second-order valence-electron chi connectivity index (χ2n) is 11.5. The van der Waals surface area contributed by atoms with Gasteiger partial charge in [-0.05, 0) is 112 Å². The van der Waals surface area contributed by atoms with Crippen molar-refractivity contribution in [3.05, 3.63) is 90.4 Å². The van der Waals surface area contributed by atoms with E-state index in [0.717, 1.165) is 41.4 Å². The highest BCUT2D eigenvalue weighted by molar-refractivity contribution is 7.89. The average molecular weight is 615 g/mol. The predicted octanol–water partition coefficient (Wildman–Crippen LogP) is 6.21. The van der Waals surface area contributed by atoms with E-state index in [1.54, 1.807) is 18.6 Å². The summed E-state index contributed by atoms with van der Waals surface area (Å²) >= 11 is 0. The van der Waals surface area contributed by atoms with Gasteiger partial charge in [-0.1, -0.05) is 18.2 Å². The number of rotatable bonds is 11. The molecule has 0 spiro atoms. The van der Waals surface area contributed by atoms with E-state index in [4.69, 9.17) is 14.9 Å². The number of ether oxygens (including phenoxy) is 1. The lowest BCUT2D eigenvalue weighted by molar-refractivity contribution is 0.145. The van der Waals surface area contributed by atoms with E-state index >= 15 is 0 Å². The molecule has 9 nitrogen and oxygen atoms in total. The molecule has 0 unspecified atom stereocenters. The quantitative estimate of drug-likeness (QED) is 0.190. The standard InChI is InChI=1S/C34H38N6O3S.2H2/c1-24(2)40-16-11-25(12-17-40)8-13-38-22-26-4-3-5-28(18-26)32-20-31(27-9-14-37-15-10-27)34(23-39-32)43-33-7-6-30(44(36,41)42)19-29(33)21-35;;/h3-7,9-10,14-15,18-20,23-25,38H,8,11-13,16-17,22H2,1-2H3,(H2,36,41,42);2*1H. The van der Waals surface area contributed by atoms with Gasteiger partial charge in [0.25, 0.3) is 0 Å². The van der Waals surface area contributed by atoms with E-state index < -0.39 is 10.0 Å². The molecular weight excluding hydrogens is 572 g/mol. The van der Waals surface area contributed by atoms with Crippen molar-refractivity contribution in [2.24, 2.45) is 11.1 Å². The fourth-order valence-corrected chi connectivity index (χ4v) is 6.10. The average Bonchev–Trinajstić information content (AvgIpc) is 3.03. The van der Waals surface area contributed by atoms with Gasteiger partial charge >= 0.3 is 0 Å². The Morgan fingerprint density at radius 3 is 2.55 bits per heavy atom. The number of piperidine rings is 1. The van der Waals surface area contributed by atoms with E-state index in [1.165, 1.54) is 56.1 Å². The number of hydrogen-bond donors (Lipinski definition) is 2. The fourth-order valence-electron chi connectivity index (χ4n) is 5.56. The van der Waals surface area contributed by atoms with Crippen molar-refractivity contribution in [2.45, 2.75) is 50.6 Å². The van der Waals surface area contributed by atoms with Crippen molar-refractivity contribution >= 4 is 10.0 Å². The lowest BCUT2D eigenvalue weighted by Gasteiger charge is -2.34. The van der Waals surface area contributed by atoms with Crippen LogP contribution in [0.15, 0.2) is 84.1 Å². The van der Waals surface area contributed by atoms with Crippen LogP contribution in [0, 0.1) is 17.2 Å². The van der Waals surface area contributed by atoms with E-state index in [-0.39, 0.29) is 19.1 Å². The van der Waals surface area contributed by atoms with Gasteiger partial charge in [-0.3, -0.25) is 9.97 Å². The number of sulfonamides is 1. The number of nitriles is 1. The summed E-state index contributed by atoms with van der Waals surface area (Å²) in [5.74, 6) is 1.40. The molecule has 2 aromatic heterocycles. The molecule has 2 aromatic carbocycles. The van der Waals surface area contributed by atoms with Gasteiger partial charge in [0, 0.05) is 39.0 Å². The van der Waals surface area contributed by atoms with Crippen LogP contribution >= 0.6 is 0 Å². The summed E-state index contributed by atoms with van der Waals surface area (Å²) in [5.41, 5.74) is 4.58. The molecule has 0 saturated carbocycles. The minimum absolute atomic E-state index is 0. The molecule has 1 aliphatic rings. The maximum absolute atomic E-state index is 11.8. The molecule has 0 radical (unpaired) electrons. The van der Waals surface area contributed by atoms with Gasteiger partial charge in [-0.15, -0.1) is 0 Å². The third-order valence-electron chi connectivity index (χ3n) is 8.14. The van der Waals surface area contributed by atoms with E-state index in [2.05, 4.69) is 41.2 Å². The maximum Gasteiger partial charge on any atom is 0.238 e. The zero-order chi connectivity index (χ0) is 31.1. The number of primary sulfonamides is 1. The first-order valence-corrected chi connectivity index (χ1v) is 16.4. The van der Waals surface area contributed by atoms with Gasteiger partial charge in [0.1, 0.15) is 11.8 Å². The Balaban J connectivity index is 0.00000288. The van der Waals surface area contributed by atoms with Crippen molar-refractivity contribution in [2.75, 3.05) is 19.6 Å². The lowest BCUT2D eigenvalue weighted by Crippen LogP contribution is -2.38. The molecule has 5 rings (SSSR count). The maximum atomic E-state index is 11.8. The number of nitrogens with zero attached hydrogens (tertiary/aromatic N) is 4. The van der Waals surface area contributed by atoms with Crippen molar-refractivity contribution in [3.63, 3.8) is 0 Å². The number of benzene rings is 2. The highest BCUT2D eigenvalue weighted by Gasteiger charge is 2.20. The molecule has 0 bridgehead atoms. The van der Waals surface area contributed by atoms with Crippen LogP contribution in [0.2, 0.25) is 0 Å². The molecule has 232 valence electrons. The Morgan fingerprint density at radius 2 is 1.84 bits per heavy atom. The lowest BCUT2D eigenvalue weighted by atomic mass is 9.93. The number of hydrogen-bond acceptors (Lipinski definition) is 8. The van der Waals surface area contributed by atoms with Crippen LogP contribution in [-0.4, -0.2) is 49.0 Å². The van der Waals surface area contributed by atoms with Gasteiger partial charge in [0.05, 0.1) is 22.3 Å². The molecule has 0 aliphatic carbocycles. The van der Waals surface area contributed by atoms with Crippen LogP contribution in [0.4, 0.5) is 0 Å². The van der Waals surface area contributed by atoms with Crippen molar-refractivity contribution in [3.8, 4) is 40.0 Å². The van der Waals surface area contributed by atoms with Crippen LogP contribution < -0.4 is 15.2 Å². The van der Waals surface area contributed by atoms with E-state index in [0.29, 0.717) is 11.8 Å². The Morgan fingerprint density at radius 1 is 1.07 bits per heavy atom. The molecule has 44 heavy (non-hydrogen) atoms. The second kappa shape index (κ2) is 14.1. The molecule has 0 amide bonds. The number of nitrogens with one attached hydrogen (secondary N) is 1. The normalized spacial score (nSPS) is 14.4. The van der Waals surface area contributed by atoms with Crippen LogP contribution in [0.3, 0.4) is 0 Å². The zero-order valence-electron chi connectivity index (χ0n) is 25.1. The Hall–Kier alpha value is -4.14. The first-order valence-electron chi connectivity index (χ1n) is 14.9. The third-order valence-corrected chi connectivity index (χ3v) is 9.05. The topological polar surface area (TPSA) is 134 Å². The van der Waals surface area contributed by atoms with Gasteiger partial charge in [0.15, 0.2) is 5.75 Å². The summed E-state index contributed by atoms with van der Waals surface area (Å²) in [6.07, 6.45) is 8.76. The highest BCUT2D eigenvalue weighted by atomic mass is 32.2. The number of nitrogens with two attached hydrogens (primary N) is 1. The minimum Gasteiger partial charge on any atom is -0.454 e. The van der Waals surface area contributed by atoms with Gasteiger partial charge in [-0.25, -0.2) is 13.6 Å². The highest BCUT2D eigenvalue weighted by Crippen LogP contribution is 2.37. The van der Waals surface area contributed by atoms with Crippen LogP contribution in [0.1, 0.15) is 47.1 Å². The number of aromatic nitrogens is 2. The zero-order valence-corrected chi connectivity index (χ0v) is 25.9. The molecule has 1 saturated heterocycles. The summed E-state index contributed by atoms with van der Waals surface area (Å²) in [4.78, 5) is 11.2. The Bertz CT molecular complexity index is 1740. The van der Waals surface area contributed by atoms with Gasteiger partial charge in [-0.2, -0.15) is 5.26 Å². The monoisotopic (exact) mass is 614 g/mol. The summed E-state index contributed by atoms with van der Waals surface area (Å²) < 4.78 is 29.7. The SMILES string of the molecule is CC(C)N1CCC(CCNCc2cccc(-c3cc(-c4ccncc4)c(Oc4ccc(S(N)(=O)=O)cc4C#N)cn3)c2)CC1.[HH].[HH]. The largest absolute Gasteiger partial charge is 0.454 e. The van der Waals surface area contributed by atoms with Crippen molar-refractivity contribution in [1.82, 2.24) is 20.2 Å². The molecule has 1 fully saturated rings. The van der Waals surface area contributed by atoms with E-state index in [1.807, 2.05) is 36.4 Å². The molecular formula is C34H42N6O3S. The molecule has 1 aliphatic heterocycles. The van der Waals surface area contributed by atoms with Crippen molar-refractivity contribution < 1.29 is 16.0 Å². The first-order chi connectivity index (χ1) is 21.2. The predicted molar refractivity (Wildman–Crippen MR) is 175 cm³/mol. The summed E-state index contributed by atoms with van der Waals surface area (Å²) in [6.45, 7) is 8.73. The third kappa shape index (κ3) is 7.87. The van der Waals surface area contributed by atoms with Crippen LogP contribution in [0.5, 0.6) is 11.5 Å². The van der Waals surface area contributed by atoms with Crippen LogP contribution in [0.25, 0.3) is 22.4 Å². The second-order valence-corrected chi connectivity index (χ2v) is 13.0. The molecule has 10 heteroatoms. The number of pyridine rings is 2. The smallest absolute Gasteiger partial charge is 0.238 e. The molecule has 3 N–H and O–H groups in total. The summed E-state index contributed by atoms with van der Waals surface area (Å²) in [6, 6.07) is 20.6. The minimum atomic E-state index is -3.97. The number of likely N-dealkylation sites (tertiary alicyclic amines) is 1. The summed E-state index contributed by atoms with van der Waals surface area (Å²) in [5, 5.41) is 18.5. The summed E-state index contributed by atoms with van der Waals surface area (Å²) in [7, 11) is -3.97. The molecule has 4 aromatic rings. The van der Waals surface area contributed by atoms with Gasteiger partial charge in [0.2, 0.25) is 10.0 Å². The molecule has 3 heterocycles. The van der Waals surface area contributed by atoms with Crippen LogP contribution in [-0.2, 0) is 16.6 Å². The van der Waals surface area contributed by atoms with Gasteiger partial charge < -0.3 is 15.0 Å². The molecule has 0 atom stereocenters.